The van der Waals surface area contributed by atoms with Gasteiger partial charge in [0, 0.05) is 17.8 Å². The van der Waals surface area contributed by atoms with Crippen LogP contribution < -0.4 is 5.32 Å². The van der Waals surface area contributed by atoms with Gasteiger partial charge in [0.05, 0.1) is 11.7 Å². The van der Waals surface area contributed by atoms with Crippen molar-refractivity contribution < 1.29 is 8.78 Å². The quantitative estimate of drug-likeness (QED) is 0.242. The van der Waals surface area contributed by atoms with Crippen molar-refractivity contribution in [2.45, 2.75) is 71.8 Å². The molecule has 1 aliphatic carbocycles. The summed E-state index contributed by atoms with van der Waals surface area (Å²) in [4.78, 5) is 20.2. The lowest BCUT2D eigenvalue weighted by atomic mass is 9.66. The van der Waals surface area contributed by atoms with Gasteiger partial charge in [0.2, 0.25) is 5.95 Å². The highest BCUT2D eigenvalue weighted by atomic mass is 19.1. The van der Waals surface area contributed by atoms with Gasteiger partial charge in [-0.1, -0.05) is 19.4 Å². The van der Waals surface area contributed by atoms with E-state index in [1.807, 2.05) is 37.6 Å². The second-order valence-electron chi connectivity index (χ2n) is 11.9. The Morgan fingerprint density at radius 3 is 2.34 bits per heavy atom. The molecular weight excluding hydrogens is 520 g/mol. The van der Waals surface area contributed by atoms with Crippen LogP contribution in [0, 0.1) is 30.4 Å². The molecule has 4 heterocycles. The lowest BCUT2D eigenvalue weighted by Gasteiger charge is -2.42. The zero-order valence-electron chi connectivity index (χ0n) is 24.4. The molecular formula is C32H39F2N7. The van der Waals surface area contributed by atoms with E-state index in [9.17, 15) is 4.39 Å². The third-order valence-corrected chi connectivity index (χ3v) is 9.12. The summed E-state index contributed by atoms with van der Waals surface area (Å²) in [5.74, 6) is 2.36. The van der Waals surface area contributed by atoms with Crippen LogP contribution in [0.15, 0.2) is 36.7 Å². The van der Waals surface area contributed by atoms with E-state index in [1.54, 1.807) is 6.07 Å². The van der Waals surface area contributed by atoms with Crippen LogP contribution in [0.1, 0.15) is 76.2 Å². The molecule has 9 heteroatoms. The van der Waals surface area contributed by atoms with Crippen molar-refractivity contribution in [1.82, 2.24) is 29.4 Å². The Morgan fingerprint density at radius 1 is 0.951 bits per heavy atom. The van der Waals surface area contributed by atoms with E-state index in [0.717, 1.165) is 18.7 Å². The largest absolute Gasteiger partial charge is 0.326 e. The molecule has 2 aliphatic rings. The molecule has 41 heavy (non-hydrogen) atoms. The van der Waals surface area contributed by atoms with Crippen LogP contribution in [0.4, 0.5) is 20.5 Å². The monoisotopic (exact) mass is 559 g/mol. The number of aromatic nitrogens is 5. The van der Waals surface area contributed by atoms with Crippen molar-refractivity contribution in [2.24, 2.45) is 11.8 Å². The van der Waals surface area contributed by atoms with Crippen molar-refractivity contribution in [3.8, 4) is 11.3 Å². The Morgan fingerprint density at radius 2 is 1.71 bits per heavy atom. The number of fused-ring (bicyclic) bond motifs is 1. The molecule has 0 bridgehead atoms. The van der Waals surface area contributed by atoms with Crippen LogP contribution in [0.3, 0.4) is 0 Å². The number of nitrogens with zero attached hydrogens (tertiary/aromatic N) is 6. The Balaban J connectivity index is 1.24. The summed E-state index contributed by atoms with van der Waals surface area (Å²) >= 11 is 0. The highest BCUT2D eigenvalue weighted by Crippen LogP contribution is 2.46. The maximum atomic E-state index is 15.1. The molecule has 0 spiro atoms. The molecule has 1 atom stereocenters. The smallest absolute Gasteiger partial charge is 0.229 e. The maximum absolute atomic E-state index is 15.1. The summed E-state index contributed by atoms with van der Waals surface area (Å²) in [6.07, 6.45) is 9.50. The number of nitrogens with one attached hydrogen (secondary N) is 1. The molecule has 1 N–H and O–H groups in total. The second kappa shape index (κ2) is 11.4. The number of imidazole rings is 1. The van der Waals surface area contributed by atoms with E-state index >= 15 is 4.39 Å². The number of aryl methyl sites for hydroxylation is 1. The number of benzene rings is 1. The number of hydrogen-bond acceptors (Lipinski definition) is 6. The Kier molecular flexibility index (Phi) is 7.72. The first-order chi connectivity index (χ1) is 19.8. The summed E-state index contributed by atoms with van der Waals surface area (Å²) in [7, 11) is 0. The van der Waals surface area contributed by atoms with Crippen molar-refractivity contribution >= 4 is 22.8 Å². The van der Waals surface area contributed by atoms with Gasteiger partial charge in [-0.2, -0.15) is 0 Å². The second-order valence-corrected chi connectivity index (χ2v) is 11.9. The van der Waals surface area contributed by atoms with Crippen LogP contribution in [-0.2, 0) is 0 Å². The van der Waals surface area contributed by atoms with Crippen molar-refractivity contribution in [3.63, 3.8) is 0 Å². The highest BCUT2D eigenvalue weighted by Gasteiger charge is 2.36. The van der Waals surface area contributed by atoms with Crippen molar-refractivity contribution in [3.05, 3.63) is 59.7 Å². The van der Waals surface area contributed by atoms with Gasteiger partial charge in [-0.25, -0.2) is 28.7 Å². The third kappa shape index (κ3) is 5.44. The molecule has 0 amide bonds. The fraction of sp³-hybridized carbons (Fsp3) is 0.500. The molecule has 3 aromatic heterocycles. The van der Waals surface area contributed by atoms with Crippen LogP contribution in [0.25, 0.3) is 22.3 Å². The first kappa shape index (κ1) is 27.7. The summed E-state index contributed by atoms with van der Waals surface area (Å²) in [5.41, 5.74) is 2.54. The van der Waals surface area contributed by atoms with Gasteiger partial charge < -0.3 is 14.8 Å². The standard InChI is InChI=1S/C32H39F2N7/c1-5-40-13-11-22(12-14-40)29(21-7-6-8-21)23-9-10-28(35-17-23)38-32-36-18-26(34)30(39-32)24-15-25(33)31-27(16-24)41(19(2)3)20(4)37-31/h9-10,15-19,21-22,29H,5-8,11-14H2,1-4H3,(H,35,36,38,39)/t29-/m1/s1. The summed E-state index contributed by atoms with van der Waals surface area (Å²) in [6, 6.07) is 7.24. The molecule has 0 radical (unpaired) electrons. The minimum atomic E-state index is -0.623. The third-order valence-electron chi connectivity index (χ3n) is 9.12. The Bertz CT molecular complexity index is 1520. The summed E-state index contributed by atoms with van der Waals surface area (Å²) in [6.45, 7) is 11.6. The van der Waals surface area contributed by atoms with Crippen LogP contribution in [0.5, 0.6) is 0 Å². The number of pyridine rings is 1. The van der Waals surface area contributed by atoms with Crippen LogP contribution >= 0.6 is 0 Å². The van der Waals surface area contributed by atoms with Gasteiger partial charge in [0.1, 0.15) is 22.9 Å². The fourth-order valence-corrected chi connectivity index (χ4v) is 6.83. The number of anilines is 2. The SMILES string of the molecule is CCN1CCC([C@H](c2ccc(Nc3ncc(F)c(-c4cc(F)c5nc(C)n(C(C)C)c5c4)n3)nc2)C2CCC2)CC1. The molecule has 216 valence electrons. The Hall–Kier alpha value is -3.46. The average molecular weight is 560 g/mol. The van der Waals surface area contributed by atoms with E-state index in [1.165, 1.54) is 56.8 Å². The maximum Gasteiger partial charge on any atom is 0.229 e. The van der Waals surface area contributed by atoms with E-state index in [2.05, 4.69) is 38.2 Å². The fourth-order valence-electron chi connectivity index (χ4n) is 6.83. The number of halogens is 2. The lowest BCUT2D eigenvalue weighted by molar-refractivity contribution is 0.127. The highest BCUT2D eigenvalue weighted by molar-refractivity contribution is 5.83. The van der Waals surface area contributed by atoms with Gasteiger partial charge in [-0.3, -0.25) is 0 Å². The van der Waals surface area contributed by atoms with E-state index < -0.39 is 11.6 Å². The van der Waals surface area contributed by atoms with Gasteiger partial charge in [0.15, 0.2) is 11.6 Å². The predicted octanol–water partition coefficient (Wildman–Crippen LogP) is 7.42. The topological polar surface area (TPSA) is 71.8 Å². The Labute approximate surface area is 240 Å². The zero-order valence-corrected chi connectivity index (χ0v) is 24.4. The molecule has 7 nitrogen and oxygen atoms in total. The van der Waals surface area contributed by atoms with Crippen molar-refractivity contribution in [1.29, 1.82) is 0 Å². The number of piperidine rings is 1. The number of likely N-dealkylation sites (tertiary alicyclic amines) is 1. The minimum Gasteiger partial charge on any atom is -0.326 e. The molecule has 2 fully saturated rings. The predicted molar refractivity (Wildman–Crippen MR) is 158 cm³/mol. The molecule has 0 unspecified atom stereocenters. The van der Waals surface area contributed by atoms with Gasteiger partial charge in [0.25, 0.3) is 0 Å². The molecule has 4 aromatic rings. The van der Waals surface area contributed by atoms with Gasteiger partial charge >= 0.3 is 0 Å². The minimum absolute atomic E-state index is 0.0255. The van der Waals surface area contributed by atoms with E-state index in [4.69, 9.17) is 4.98 Å². The molecule has 1 aromatic carbocycles. The molecule has 6 rings (SSSR count). The van der Waals surface area contributed by atoms with Crippen molar-refractivity contribution in [2.75, 3.05) is 25.0 Å². The first-order valence-corrected chi connectivity index (χ1v) is 15.0. The number of hydrogen-bond donors (Lipinski definition) is 1. The molecule has 1 saturated heterocycles. The van der Waals surface area contributed by atoms with Gasteiger partial charge in [-0.15, -0.1) is 0 Å². The van der Waals surface area contributed by atoms with E-state index in [0.29, 0.717) is 34.6 Å². The average Bonchev–Trinajstić information content (AvgIpc) is 3.29. The summed E-state index contributed by atoms with van der Waals surface area (Å²) in [5, 5.41) is 3.13. The van der Waals surface area contributed by atoms with Crippen LogP contribution in [0.2, 0.25) is 0 Å². The lowest BCUT2D eigenvalue weighted by Crippen LogP contribution is -2.38. The van der Waals surface area contributed by atoms with Gasteiger partial charge in [-0.05, 0) is 108 Å². The zero-order chi connectivity index (χ0) is 28.7. The normalized spacial score (nSPS) is 17.7. The number of rotatable bonds is 8. The van der Waals surface area contributed by atoms with Crippen LogP contribution in [-0.4, -0.2) is 49.0 Å². The first-order valence-electron chi connectivity index (χ1n) is 15.0. The molecule has 1 saturated carbocycles. The van der Waals surface area contributed by atoms with E-state index in [-0.39, 0.29) is 23.2 Å². The summed E-state index contributed by atoms with van der Waals surface area (Å²) < 4.78 is 32.0. The molecule has 1 aliphatic heterocycles.